The molecule has 2 aromatic heterocycles. The first-order valence-electron chi connectivity index (χ1n) is 10.9. The molecule has 0 fully saturated rings. The highest BCUT2D eigenvalue weighted by Crippen LogP contribution is 2.31. The summed E-state index contributed by atoms with van der Waals surface area (Å²) in [5.41, 5.74) is -0.299. The lowest BCUT2D eigenvalue weighted by Crippen LogP contribution is -2.28. The van der Waals surface area contributed by atoms with Gasteiger partial charge in [-0.25, -0.2) is 4.98 Å². The maximum absolute atomic E-state index is 13.1. The van der Waals surface area contributed by atoms with Gasteiger partial charge in [0.15, 0.2) is 0 Å². The molecule has 4 aromatic rings. The summed E-state index contributed by atoms with van der Waals surface area (Å²) in [6.07, 6.45) is -3.39. The van der Waals surface area contributed by atoms with Crippen molar-refractivity contribution in [2.24, 2.45) is 0 Å². The van der Waals surface area contributed by atoms with Gasteiger partial charge in [0.05, 0.1) is 29.3 Å². The number of halogens is 3. The number of aryl methyl sites for hydroxylation is 1. The van der Waals surface area contributed by atoms with Crippen LogP contribution in [-0.4, -0.2) is 28.5 Å². The second-order valence-electron chi connectivity index (χ2n) is 8.04. The molecule has 0 radical (unpaired) electrons. The number of hydrogen-bond acceptors (Lipinski definition) is 6. The van der Waals surface area contributed by atoms with Crippen molar-refractivity contribution in [3.8, 4) is 5.75 Å². The first kappa shape index (κ1) is 25.9. The number of para-hydroxylation sites is 1. The predicted molar refractivity (Wildman–Crippen MR) is 133 cm³/mol. The van der Waals surface area contributed by atoms with Crippen LogP contribution in [-0.2, 0) is 24.1 Å². The van der Waals surface area contributed by atoms with Gasteiger partial charge in [0.25, 0.3) is 11.5 Å². The van der Waals surface area contributed by atoms with Crippen LogP contribution in [0.15, 0.2) is 59.7 Å². The van der Waals surface area contributed by atoms with Crippen molar-refractivity contribution >= 4 is 39.1 Å². The fourth-order valence-electron chi connectivity index (χ4n) is 3.72. The molecule has 37 heavy (non-hydrogen) atoms. The van der Waals surface area contributed by atoms with E-state index in [1.807, 2.05) is 18.2 Å². The zero-order chi connectivity index (χ0) is 26.7. The highest BCUT2D eigenvalue weighted by atomic mass is 32.1. The summed E-state index contributed by atoms with van der Waals surface area (Å²) < 4.78 is 45.1. The van der Waals surface area contributed by atoms with Gasteiger partial charge in [-0.05, 0) is 36.8 Å². The molecule has 2 heterocycles. The van der Waals surface area contributed by atoms with Crippen molar-refractivity contribution in [3.63, 3.8) is 0 Å². The van der Waals surface area contributed by atoms with E-state index in [-0.39, 0.29) is 23.5 Å². The minimum absolute atomic E-state index is 0.0531. The number of benzene rings is 2. The number of thiophene rings is 1. The van der Waals surface area contributed by atoms with Crippen molar-refractivity contribution in [1.82, 2.24) is 14.9 Å². The van der Waals surface area contributed by atoms with Crippen LogP contribution in [0, 0.1) is 6.92 Å². The van der Waals surface area contributed by atoms with Crippen molar-refractivity contribution in [3.05, 3.63) is 86.8 Å². The van der Waals surface area contributed by atoms with Gasteiger partial charge in [0.1, 0.15) is 17.1 Å². The van der Waals surface area contributed by atoms with Crippen LogP contribution in [0.2, 0.25) is 0 Å². The summed E-state index contributed by atoms with van der Waals surface area (Å²) >= 11 is 1.05. The summed E-state index contributed by atoms with van der Waals surface area (Å²) in [6.45, 7) is 1.36. The number of nitrogens with one attached hydrogen (secondary N) is 2. The third kappa shape index (κ3) is 5.64. The minimum Gasteiger partial charge on any atom is -0.496 e. The molecule has 12 heteroatoms. The minimum atomic E-state index is -4.56. The average Bonchev–Trinajstić information content (AvgIpc) is 3.21. The number of methoxy groups -OCH3 is 1. The Hall–Kier alpha value is -4.19. The molecule has 0 aliphatic rings. The van der Waals surface area contributed by atoms with E-state index in [0.717, 1.165) is 33.6 Å². The molecule has 0 saturated heterocycles. The third-order valence-electron chi connectivity index (χ3n) is 5.54. The fourth-order valence-corrected chi connectivity index (χ4v) is 4.78. The SMILES string of the molecule is COc1ccccc1CNC(=O)c1sc2ncn(CC(=O)Nc3cccc(C(F)(F)F)c3)c(=O)c2c1C. The Labute approximate surface area is 212 Å². The molecule has 2 amide bonds. The molecule has 0 aliphatic carbocycles. The number of alkyl halides is 3. The Morgan fingerprint density at radius 3 is 2.62 bits per heavy atom. The number of rotatable bonds is 7. The van der Waals surface area contributed by atoms with Gasteiger partial charge in [-0.2, -0.15) is 13.2 Å². The summed E-state index contributed by atoms with van der Waals surface area (Å²) in [4.78, 5) is 43.2. The normalized spacial score (nSPS) is 11.4. The maximum Gasteiger partial charge on any atom is 0.416 e. The average molecular weight is 531 g/mol. The number of nitrogens with zero attached hydrogens (tertiary/aromatic N) is 2. The Balaban J connectivity index is 1.51. The summed E-state index contributed by atoms with van der Waals surface area (Å²) in [5, 5.41) is 5.37. The van der Waals surface area contributed by atoms with Crippen molar-refractivity contribution < 1.29 is 27.5 Å². The summed E-state index contributed by atoms with van der Waals surface area (Å²) in [6, 6.07) is 11.4. The molecule has 8 nitrogen and oxygen atoms in total. The lowest BCUT2D eigenvalue weighted by molar-refractivity contribution is -0.137. The third-order valence-corrected chi connectivity index (χ3v) is 6.74. The monoisotopic (exact) mass is 530 g/mol. The van der Waals surface area contributed by atoms with Crippen LogP contribution in [0.4, 0.5) is 18.9 Å². The molecule has 192 valence electrons. The van der Waals surface area contributed by atoms with Gasteiger partial charge in [0, 0.05) is 17.8 Å². The standard InChI is InChI=1S/C25H21F3N4O4S/c1-14-20-23(37-21(14)22(34)29-11-15-6-3-4-9-18(15)36-2)30-13-32(24(20)35)12-19(33)31-17-8-5-7-16(10-17)25(26,27)28/h3-10,13H,11-12H2,1-2H3,(H,29,34)(H,31,33). The fraction of sp³-hybridized carbons (Fsp3) is 0.200. The lowest BCUT2D eigenvalue weighted by Gasteiger charge is -2.10. The Morgan fingerprint density at radius 1 is 1.14 bits per heavy atom. The van der Waals surface area contributed by atoms with E-state index in [2.05, 4.69) is 15.6 Å². The number of ether oxygens (including phenoxy) is 1. The second kappa shape index (κ2) is 10.4. The van der Waals surface area contributed by atoms with E-state index in [1.54, 1.807) is 13.0 Å². The number of amides is 2. The van der Waals surface area contributed by atoms with E-state index in [9.17, 15) is 27.6 Å². The lowest BCUT2D eigenvalue weighted by atomic mass is 10.2. The Morgan fingerprint density at radius 2 is 1.89 bits per heavy atom. The Kier molecular flexibility index (Phi) is 7.30. The van der Waals surface area contributed by atoms with Crippen LogP contribution in [0.1, 0.15) is 26.4 Å². The van der Waals surface area contributed by atoms with Gasteiger partial charge in [0.2, 0.25) is 5.91 Å². The molecule has 0 aliphatic heterocycles. The van der Waals surface area contributed by atoms with E-state index in [4.69, 9.17) is 4.74 Å². The number of aromatic nitrogens is 2. The quantitative estimate of drug-likeness (QED) is 0.370. The molecule has 2 aromatic carbocycles. The largest absolute Gasteiger partial charge is 0.496 e. The van der Waals surface area contributed by atoms with E-state index in [1.165, 1.54) is 25.6 Å². The number of carbonyl (C=O) groups is 2. The van der Waals surface area contributed by atoms with Crippen molar-refractivity contribution in [2.75, 3.05) is 12.4 Å². The molecule has 0 unspecified atom stereocenters. The topological polar surface area (TPSA) is 102 Å². The maximum atomic E-state index is 13.1. The van der Waals surface area contributed by atoms with Crippen LogP contribution < -0.4 is 20.9 Å². The number of carbonyl (C=O) groups excluding carboxylic acids is 2. The number of hydrogen-bond donors (Lipinski definition) is 2. The van der Waals surface area contributed by atoms with Crippen molar-refractivity contribution in [2.45, 2.75) is 26.2 Å². The molecular weight excluding hydrogens is 509 g/mol. The van der Waals surface area contributed by atoms with Crippen LogP contribution in [0.3, 0.4) is 0 Å². The highest BCUT2D eigenvalue weighted by molar-refractivity contribution is 7.20. The van der Waals surface area contributed by atoms with Gasteiger partial charge >= 0.3 is 6.18 Å². The molecule has 2 N–H and O–H groups in total. The van der Waals surface area contributed by atoms with Crippen LogP contribution >= 0.6 is 11.3 Å². The summed E-state index contributed by atoms with van der Waals surface area (Å²) in [7, 11) is 1.54. The van der Waals surface area contributed by atoms with E-state index >= 15 is 0 Å². The zero-order valence-corrected chi connectivity index (χ0v) is 20.5. The zero-order valence-electron chi connectivity index (χ0n) is 19.7. The first-order chi connectivity index (χ1) is 17.6. The molecular formula is C25H21F3N4O4S. The van der Waals surface area contributed by atoms with Crippen molar-refractivity contribution in [1.29, 1.82) is 0 Å². The first-order valence-corrected chi connectivity index (χ1v) is 11.8. The van der Waals surface area contributed by atoms with Gasteiger partial charge < -0.3 is 15.4 Å². The van der Waals surface area contributed by atoms with Gasteiger partial charge in [-0.15, -0.1) is 11.3 Å². The highest BCUT2D eigenvalue weighted by Gasteiger charge is 2.30. The van der Waals surface area contributed by atoms with E-state index in [0.29, 0.717) is 21.0 Å². The van der Waals surface area contributed by atoms with Gasteiger partial charge in [-0.3, -0.25) is 19.0 Å². The molecule has 0 spiro atoms. The molecule has 4 rings (SSSR count). The molecule has 0 saturated carbocycles. The predicted octanol–water partition coefficient (Wildman–Crippen LogP) is 4.36. The Bertz CT molecular complexity index is 1550. The smallest absolute Gasteiger partial charge is 0.416 e. The number of anilines is 1. The van der Waals surface area contributed by atoms with Crippen LogP contribution in [0.5, 0.6) is 5.75 Å². The molecule has 0 atom stereocenters. The molecule has 0 bridgehead atoms. The van der Waals surface area contributed by atoms with Crippen LogP contribution in [0.25, 0.3) is 10.2 Å². The van der Waals surface area contributed by atoms with Gasteiger partial charge in [-0.1, -0.05) is 24.3 Å². The number of fused-ring (bicyclic) bond motifs is 1. The summed E-state index contributed by atoms with van der Waals surface area (Å²) in [5.74, 6) is -0.464. The van der Waals surface area contributed by atoms with E-state index < -0.39 is 29.8 Å². The second-order valence-corrected chi connectivity index (χ2v) is 9.03.